The molecule has 0 bridgehead atoms. The molecule has 0 radical (unpaired) electrons. The fourth-order valence-electron chi connectivity index (χ4n) is 1.89. The molecule has 0 saturated heterocycles. The first kappa shape index (κ1) is 16.4. The number of carbonyl (C=O) groups excluding carboxylic acids is 1. The highest BCUT2D eigenvalue weighted by Gasteiger charge is 2.17. The predicted octanol–water partition coefficient (Wildman–Crippen LogP) is 5.49. The van der Waals surface area contributed by atoms with Gasteiger partial charge < -0.3 is 4.74 Å². The molecule has 0 aromatic heterocycles. The number of rotatable bonds is 3. The molecule has 0 heterocycles. The molecule has 116 valence electrons. The summed E-state index contributed by atoms with van der Waals surface area (Å²) in [7, 11) is 0. The van der Waals surface area contributed by atoms with Crippen molar-refractivity contribution < 1.29 is 9.53 Å². The molecule has 22 heavy (non-hydrogen) atoms. The van der Waals surface area contributed by atoms with Crippen molar-refractivity contribution in [2.45, 2.75) is 43.1 Å². The molecule has 2 rings (SSSR count). The second-order valence-electron chi connectivity index (χ2n) is 5.97. The van der Waals surface area contributed by atoms with Gasteiger partial charge in [0.05, 0.1) is 0 Å². The number of nitrogens with one attached hydrogen (secondary N) is 1. The maximum Gasteiger partial charge on any atom is 0.412 e. The van der Waals surface area contributed by atoms with Crippen molar-refractivity contribution in [1.82, 2.24) is 0 Å². The Kier molecular flexibility index (Phi) is 5.14. The molecule has 0 atom stereocenters. The number of hydrogen-bond acceptors (Lipinski definition) is 3. The van der Waals surface area contributed by atoms with Crippen LogP contribution in [0.15, 0.2) is 58.3 Å². The van der Waals surface area contributed by atoms with Crippen LogP contribution in [-0.2, 0) is 4.74 Å². The van der Waals surface area contributed by atoms with E-state index in [0.29, 0.717) is 0 Å². The van der Waals surface area contributed by atoms with E-state index < -0.39 is 11.7 Å². The van der Waals surface area contributed by atoms with Crippen LogP contribution in [0.25, 0.3) is 0 Å². The summed E-state index contributed by atoms with van der Waals surface area (Å²) in [4.78, 5) is 14.2. The van der Waals surface area contributed by atoms with Crippen LogP contribution in [0.2, 0.25) is 0 Å². The first-order valence-electron chi connectivity index (χ1n) is 7.18. The van der Waals surface area contributed by atoms with Gasteiger partial charge in [-0.3, -0.25) is 5.32 Å². The SMILES string of the molecule is Cc1c(NC(=O)OC(C)(C)C)cccc1Sc1ccccc1. The lowest BCUT2D eigenvalue weighted by Crippen LogP contribution is -2.27. The molecular weight excluding hydrogens is 294 g/mol. The van der Waals surface area contributed by atoms with Gasteiger partial charge >= 0.3 is 6.09 Å². The minimum absolute atomic E-state index is 0.433. The zero-order valence-electron chi connectivity index (χ0n) is 13.3. The van der Waals surface area contributed by atoms with Crippen LogP contribution < -0.4 is 5.32 Å². The number of benzene rings is 2. The molecule has 2 aromatic rings. The predicted molar refractivity (Wildman–Crippen MR) is 91.6 cm³/mol. The molecule has 0 aliphatic carbocycles. The van der Waals surface area contributed by atoms with Gasteiger partial charge in [0.2, 0.25) is 0 Å². The lowest BCUT2D eigenvalue weighted by Gasteiger charge is -2.20. The van der Waals surface area contributed by atoms with Gasteiger partial charge in [-0.1, -0.05) is 36.0 Å². The highest BCUT2D eigenvalue weighted by molar-refractivity contribution is 7.99. The minimum Gasteiger partial charge on any atom is -0.444 e. The highest BCUT2D eigenvalue weighted by Crippen LogP contribution is 2.33. The average Bonchev–Trinajstić information content (AvgIpc) is 2.42. The van der Waals surface area contributed by atoms with Crippen molar-refractivity contribution in [2.75, 3.05) is 5.32 Å². The summed E-state index contributed by atoms with van der Waals surface area (Å²) in [6.45, 7) is 7.54. The van der Waals surface area contributed by atoms with Crippen LogP contribution in [0.1, 0.15) is 26.3 Å². The average molecular weight is 315 g/mol. The second kappa shape index (κ2) is 6.88. The summed E-state index contributed by atoms with van der Waals surface area (Å²) in [5.41, 5.74) is 1.30. The highest BCUT2D eigenvalue weighted by atomic mass is 32.2. The first-order chi connectivity index (χ1) is 10.3. The van der Waals surface area contributed by atoms with Gasteiger partial charge in [0.1, 0.15) is 5.60 Å². The monoisotopic (exact) mass is 315 g/mol. The van der Waals surface area contributed by atoms with E-state index in [4.69, 9.17) is 4.74 Å². The maximum atomic E-state index is 11.9. The van der Waals surface area contributed by atoms with E-state index >= 15 is 0 Å². The molecule has 0 fully saturated rings. The van der Waals surface area contributed by atoms with Crippen molar-refractivity contribution in [3.63, 3.8) is 0 Å². The lowest BCUT2D eigenvalue weighted by molar-refractivity contribution is 0.0636. The number of amides is 1. The van der Waals surface area contributed by atoms with E-state index in [-0.39, 0.29) is 0 Å². The topological polar surface area (TPSA) is 38.3 Å². The van der Waals surface area contributed by atoms with Crippen molar-refractivity contribution in [3.05, 3.63) is 54.1 Å². The largest absolute Gasteiger partial charge is 0.444 e. The molecule has 1 N–H and O–H groups in total. The van der Waals surface area contributed by atoms with E-state index in [9.17, 15) is 4.79 Å². The van der Waals surface area contributed by atoms with Crippen LogP contribution >= 0.6 is 11.8 Å². The third kappa shape index (κ3) is 4.81. The van der Waals surface area contributed by atoms with E-state index in [1.54, 1.807) is 11.8 Å². The summed E-state index contributed by atoms with van der Waals surface area (Å²) >= 11 is 1.68. The lowest BCUT2D eigenvalue weighted by atomic mass is 10.2. The number of carbonyl (C=O) groups is 1. The summed E-state index contributed by atoms with van der Waals surface area (Å²) in [5.74, 6) is 0. The fraction of sp³-hybridized carbons (Fsp3) is 0.278. The van der Waals surface area contributed by atoms with Gasteiger partial charge in [-0.05, 0) is 57.5 Å². The zero-order chi connectivity index (χ0) is 16.2. The van der Waals surface area contributed by atoms with Crippen molar-refractivity contribution >= 4 is 23.5 Å². The van der Waals surface area contributed by atoms with Gasteiger partial charge in [0.25, 0.3) is 0 Å². The Balaban J connectivity index is 2.14. The van der Waals surface area contributed by atoms with Crippen LogP contribution in [0.4, 0.5) is 10.5 Å². The molecule has 0 saturated carbocycles. The van der Waals surface area contributed by atoms with Crippen molar-refractivity contribution in [1.29, 1.82) is 0 Å². The van der Waals surface area contributed by atoms with Crippen LogP contribution in [0, 0.1) is 6.92 Å². The molecule has 0 aliphatic heterocycles. The van der Waals surface area contributed by atoms with E-state index in [2.05, 4.69) is 17.4 Å². The number of hydrogen-bond donors (Lipinski definition) is 1. The second-order valence-corrected chi connectivity index (χ2v) is 7.09. The third-order valence-electron chi connectivity index (χ3n) is 2.89. The van der Waals surface area contributed by atoms with Gasteiger partial charge in [-0.15, -0.1) is 0 Å². The van der Waals surface area contributed by atoms with Gasteiger partial charge in [0, 0.05) is 15.5 Å². The summed E-state index contributed by atoms with van der Waals surface area (Å²) in [6, 6.07) is 16.0. The minimum atomic E-state index is -0.506. The molecule has 0 aliphatic rings. The smallest absolute Gasteiger partial charge is 0.412 e. The quantitative estimate of drug-likeness (QED) is 0.813. The van der Waals surface area contributed by atoms with Crippen LogP contribution in [-0.4, -0.2) is 11.7 Å². The third-order valence-corrected chi connectivity index (χ3v) is 4.06. The van der Waals surface area contributed by atoms with Gasteiger partial charge in [-0.25, -0.2) is 4.79 Å². The fourth-order valence-corrected chi connectivity index (χ4v) is 2.85. The Hall–Kier alpha value is -1.94. The summed E-state index contributed by atoms with van der Waals surface area (Å²) in [6.07, 6.45) is -0.433. The summed E-state index contributed by atoms with van der Waals surface area (Å²) < 4.78 is 5.30. The van der Waals surface area contributed by atoms with Crippen LogP contribution in [0.3, 0.4) is 0 Å². The maximum absolute atomic E-state index is 11.9. The number of anilines is 1. The van der Waals surface area contributed by atoms with Gasteiger partial charge in [-0.2, -0.15) is 0 Å². The summed E-state index contributed by atoms with van der Waals surface area (Å²) in [5, 5.41) is 2.82. The van der Waals surface area contributed by atoms with Crippen molar-refractivity contribution in [2.24, 2.45) is 0 Å². The van der Waals surface area contributed by atoms with Crippen LogP contribution in [0.5, 0.6) is 0 Å². The zero-order valence-corrected chi connectivity index (χ0v) is 14.2. The Morgan fingerprint density at radius 2 is 1.73 bits per heavy atom. The Morgan fingerprint density at radius 3 is 2.36 bits per heavy atom. The molecule has 4 heteroatoms. The Morgan fingerprint density at radius 1 is 1.05 bits per heavy atom. The molecule has 3 nitrogen and oxygen atoms in total. The van der Waals surface area contributed by atoms with Crippen molar-refractivity contribution in [3.8, 4) is 0 Å². The molecule has 0 unspecified atom stereocenters. The number of ether oxygens (including phenoxy) is 1. The molecular formula is C18H21NO2S. The van der Waals surface area contributed by atoms with E-state index in [1.807, 2.05) is 64.1 Å². The molecule has 0 spiro atoms. The first-order valence-corrected chi connectivity index (χ1v) is 7.99. The molecule has 1 amide bonds. The standard InChI is InChI=1S/C18H21NO2S/c1-13-15(19-17(20)21-18(2,3)4)11-8-12-16(13)22-14-9-6-5-7-10-14/h5-12H,1-4H3,(H,19,20). The van der Waals surface area contributed by atoms with E-state index in [1.165, 1.54) is 4.90 Å². The van der Waals surface area contributed by atoms with Gasteiger partial charge in [0.15, 0.2) is 0 Å². The normalized spacial score (nSPS) is 11.1. The van der Waals surface area contributed by atoms with E-state index in [0.717, 1.165) is 16.1 Å². The Bertz CT molecular complexity index is 648. The Labute approximate surface area is 136 Å². The molecule has 2 aromatic carbocycles.